The summed E-state index contributed by atoms with van der Waals surface area (Å²) < 4.78 is 9.71. The van der Waals surface area contributed by atoms with Crippen LogP contribution in [0.3, 0.4) is 0 Å². The highest BCUT2D eigenvalue weighted by Crippen LogP contribution is 2.34. The molecule has 2 atom stereocenters. The molecule has 0 saturated carbocycles. The lowest BCUT2D eigenvalue weighted by molar-refractivity contribution is -0.154. The minimum atomic E-state index is -1.03. The predicted octanol–water partition coefficient (Wildman–Crippen LogP) is 2.09. The molecule has 0 bridgehead atoms. The second kappa shape index (κ2) is 7.61. The van der Waals surface area contributed by atoms with Crippen molar-refractivity contribution in [1.82, 2.24) is 0 Å². The number of halogens is 2. The number of rotatable bonds is 6. The molecular formula is C9H14Cl2O4S2. The van der Waals surface area contributed by atoms with Crippen molar-refractivity contribution in [2.45, 2.75) is 25.0 Å². The Hall–Kier alpha value is 0.220. The van der Waals surface area contributed by atoms with E-state index in [0.717, 1.165) is 0 Å². The zero-order chi connectivity index (χ0) is 13.6. The Kier molecular flexibility index (Phi) is 7.71. The Morgan fingerprint density at radius 1 is 1.06 bits per heavy atom. The molecule has 0 spiro atoms. The number of ether oxygens (including phenoxy) is 2. The minimum absolute atomic E-state index is 0.0946. The van der Waals surface area contributed by atoms with Crippen LogP contribution in [0.5, 0.6) is 0 Å². The van der Waals surface area contributed by atoms with Crippen LogP contribution in [-0.4, -0.2) is 34.6 Å². The first-order chi connectivity index (χ1) is 7.75. The molecule has 0 aliphatic heterocycles. The number of hydrogen-bond acceptors (Lipinski definition) is 6. The SMILES string of the molecule is CC(C)(C(Cl)OC(=O)CS)C(Cl)OC(=O)CS. The van der Waals surface area contributed by atoms with E-state index in [1.54, 1.807) is 13.8 Å². The number of hydrogen-bond donors (Lipinski definition) is 2. The third-order valence-electron chi connectivity index (χ3n) is 1.90. The Bertz CT molecular complexity index is 260. The summed E-state index contributed by atoms with van der Waals surface area (Å²) in [5.41, 5.74) is -3.00. The zero-order valence-electron chi connectivity index (χ0n) is 9.35. The Morgan fingerprint density at radius 2 is 1.35 bits per heavy atom. The van der Waals surface area contributed by atoms with Gasteiger partial charge >= 0.3 is 11.9 Å². The monoisotopic (exact) mass is 320 g/mol. The quantitative estimate of drug-likeness (QED) is 0.447. The molecule has 0 aliphatic rings. The Labute approximate surface area is 121 Å². The van der Waals surface area contributed by atoms with Crippen LogP contribution in [-0.2, 0) is 19.1 Å². The molecule has 0 radical (unpaired) electrons. The van der Waals surface area contributed by atoms with Gasteiger partial charge in [0.25, 0.3) is 0 Å². The lowest BCUT2D eigenvalue weighted by atomic mass is 9.95. The van der Waals surface area contributed by atoms with Crippen molar-refractivity contribution in [1.29, 1.82) is 0 Å². The van der Waals surface area contributed by atoms with Crippen LogP contribution in [0.15, 0.2) is 0 Å². The maximum absolute atomic E-state index is 11.0. The van der Waals surface area contributed by atoms with Crippen LogP contribution in [0.25, 0.3) is 0 Å². The van der Waals surface area contributed by atoms with Crippen molar-refractivity contribution < 1.29 is 19.1 Å². The first-order valence-electron chi connectivity index (χ1n) is 4.64. The van der Waals surface area contributed by atoms with Gasteiger partial charge in [0.05, 0.1) is 16.9 Å². The summed E-state index contributed by atoms with van der Waals surface area (Å²) >= 11 is 19.3. The second-order valence-corrected chi connectivity index (χ2v) is 5.17. The third-order valence-corrected chi connectivity index (χ3v) is 3.72. The maximum Gasteiger partial charge on any atom is 0.317 e. The molecule has 0 aromatic rings. The Morgan fingerprint density at radius 3 is 1.59 bits per heavy atom. The summed E-state index contributed by atoms with van der Waals surface area (Å²) in [5.74, 6) is -1.35. The topological polar surface area (TPSA) is 52.6 Å². The molecule has 2 unspecified atom stereocenters. The van der Waals surface area contributed by atoms with E-state index in [1.165, 1.54) is 0 Å². The molecule has 8 heteroatoms. The van der Waals surface area contributed by atoms with E-state index in [1.807, 2.05) is 0 Å². The number of carbonyl (C=O) groups excluding carboxylic acids is 2. The van der Waals surface area contributed by atoms with Gasteiger partial charge in [0.1, 0.15) is 0 Å². The molecule has 0 fully saturated rings. The molecule has 0 aromatic heterocycles. The van der Waals surface area contributed by atoms with E-state index in [0.29, 0.717) is 0 Å². The summed E-state index contributed by atoms with van der Waals surface area (Å²) in [6, 6.07) is 0. The number of alkyl halides is 2. The van der Waals surface area contributed by atoms with E-state index in [9.17, 15) is 9.59 Å². The molecule has 0 amide bonds. The largest absolute Gasteiger partial charge is 0.445 e. The standard InChI is InChI=1S/C9H14Cl2O4S2/c1-9(2,7(10)14-5(12)3-16)8(11)15-6(13)4-17/h7-8,16-17H,3-4H2,1-2H3. The van der Waals surface area contributed by atoms with Crippen LogP contribution in [0, 0.1) is 5.41 Å². The fourth-order valence-corrected chi connectivity index (χ4v) is 1.35. The van der Waals surface area contributed by atoms with Crippen molar-refractivity contribution in [3.05, 3.63) is 0 Å². The van der Waals surface area contributed by atoms with Crippen LogP contribution in [0.2, 0.25) is 0 Å². The van der Waals surface area contributed by atoms with Gasteiger partial charge in [0.15, 0.2) is 11.1 Å². The van der Waals surface area contributed by atoms with E-state index in [4.69, 9.17) is 32.7 Å². The van der Waals surface area contributed by atoms with E-state index in [2.05, 4.69) is 25.3 Å². The Balaban J connectivity index is 4.52. The molecule has 0 rings (SSSR count). The van der Waals surface area contributed by atoms with Crippen LogP contribution >= 0.6 is 48.5 Å². The van der Waals surface area contributed by atoms with E-state index >= 15 is 0 Å². The highest BCUT2D eigenvalue weighted by atomic mass is 35.5. The van der Waals surface area contributed by atoms with Crippen molar-refractivity contribution >= 4 is 60.4 Å². The molecule has 0 aromatic carbocycles. The van der Waals surface area contributed by atoms with Crippen molar-refractivity contribution in [3.8, 4) is 0 Å². The smallest absolute Gasteiger partial charge is 0.317 e. The zero-order valence-corrected chi connectivity index (χ0v) is 12.7. The third kappa shape index (κ3) is 5.59. The molecule has 0 heterocycles. The van der Waals surface area contributed by atoms with E-state index in [-0.39, 0.29) is 11.5 Å². The molecule has 0 N–H and O–H groups in total. The van der Waals surface area contributed by atoms with Gasteiger partial charge in [-0.3, -0.25) is 9.59 Å². The van der Waals surface area contributed by atoms with Gasteiger partial charge in [-0.2, -0.15) is 25.3 Å². The summed E-state index contributed by atoms with van der Waals surface area (Å²) in [4.78, 5) is 22.0. The maximum atomic E-state index is 11.0. The highest BCUT2D eigenvalue weighted by Gasteiger charge is 2.40. The fraction of sp³-hybridized carbons (Fsp3) is 0.778. The molecule has 17 heavy (non-hydrogen) atoms. The lowest BCUT2D eigenvalue weighted by Gasteiger charge is -2.32. The first kappa shape index (κ1) is 17.2. The van der Waals surface area contributed by atoms with Gasteiger partial charge < -0.3 is 9.47 Å². The molecule has 0 aliphatic carbocycles. The van der Waals surface area contributed by atoms with Gasteiger partial charge in [-0.05, 0) is 0 Å². The number of thiol groups is 2. The average molecular weight is 321 g/mol. The van der Waals surface area contributed by atoms with Gasteiger partial charge in [-0.25, -0.2) is 0 Å². The van der Waals surface area contributed by atoms with Crippen LogP contribution in [0.4, 0.5) is 0 Å². The van der Waals surface area contributed by atoms with Gasteiger partial charge in [0.2, 0.25) is 0 Å². The molecule has 4 nitrogen and oxygen atoms in total. The summed E-state index contributed by atoms with van der Waals surface area (Å²) in [7, 11) is 0. The van der Waals surface area contributed by atoms with Gasteiger partial charge in [0, 0.05) is 0 Å². The van der Waals surface area contributed by atoms with Crippen LogP contribution < -0.4 is 0 Å². The minimum Gasteiger partial charge on any atom is -0.445 e. The van der Waals surface area contributed by atoms with Crippen molar-refractivity contribution in [2.24, 2.45) is 5.41 Å². The molecular weight excluding hydrogens is 307 g/mol. The lowest BCUT2D eigenvalue weighted by Crippen LogP contribution is -2.40. The summed E-state index contributed by atoms with van der Waals surface area (Å²) in [6.45, 7) is 3.22. The summed E-state index contributed by atoms with van der Waals surface area (Å²) in [6.07, 6.45) is 0. The fourth-order valence-electron chi connectivity index (χ4n) is 0.712. The van der Waals surface area contributed by atoms with E-state index < -0.39 is 28.5 Å². The predicted molar refractivity (Wildman–Crippen MR) is 73.0 cm³/mol. The number of carbonyl (C=O) groups is 2. The molecule has 100 valence electrons. The normalized spacial score (nSPS) is 14.9. The average Bonchev–Trinajstić information content (AvgIpc) is 2.28. The van der Waals surface area contributed by atoms with Crippen molar-refractivity contribution in [2.75, 3.05) is 11.5 Å². The second-order valence-electron chi connectivity index (χ2n) is 3.75. The van der Waals surface area contributed by atoms with Crippen molar-refractivity contribution in [3.63, 3.8) is 0 Å². The van der Waals surface area contributed by atoms with Crippen LogP contribution in [0.1, 0.15) is 13.8 Å². The molecule has 0 saturated heterocycles. The number of esters is 2. The van der Waals surface area contributed by atoms with Gasteiger partial charge in [-0.1, -0.05) is 37.0 Å². The first-order valence-corrected chi connectivity index (χ1v) is 6.78. The highest BCUT2D eigenvalue weighted by molar-refractivity contribution is 7.81. The summed E-state index contributed by atoms with van der Waals surface area (Å²) in [5, 5.41) is 0. The van der Waals surface area contributed by atoms with Gasteiger partial charge in [-0.15, -0.1) is 0 Å².